The highest BCUT2D eigenvalue weighted by atomic mass is 16.5. The SMILES string of the molecule is CC(C)N1CCC(COc2cccc3c2CCNC3)C1. The van der Waals surface area contributed by atoms with Gasteiger partial charge in [-0.1, -0.05) is 12.1 Å². The first kappa shape index (κ1) is 13.9. The quantitative estimate of drug-likeness (QED) is 0.912. The fraction of sp³-hybridized carbons (Fsp3) is 0.647. The maximum Gasteiger partial charge on any atom is 0.122 e. The number of nitrogens with one attached hydrogen (secondary N) is 1. The molecule has 20 heavy (non-hydrogen) atoms. The van der Waals surface area contributed by atoms with Crippen molar-refractivity contribution in [2.45, 2.75) is 39.3 Å². The Morgan fingerprint density at radius 1 is 1.40 bits per heavy atom. The summed E-state index contributed by atoms with van der Waals surface area (Å²) in [4.78, 5) is 2.55. The summed E-state index contributed by atoms with van der Waals surface area (Å²) in [6, 6.07) is 7.13. The van der Waals surface area contributed by atoms with Crippen molar-refractivity contribution in [2.24, 2.45) is 5.92 Å². The van der Waals surface area contributed by atoms with Gasteiger partial charge in [-0.15, -0.1) is 0 Å². The van der Waals surface area contributed by atoms with Crippen LogP contribution in [-0.2, 0) is 13.0 Å². The second-order valence-electron chi connectivity index (χ2n) is 6.37. The van der Waals surface area contributed by atoms with Crippen LogP contribution in [0.4, 0.5) is 0 Å². The lowest BCUT2D eigenvalue weighted by Gasteiger charge is -2.22. The minimum Gasteiger partial charge on any atom is -0.493 e. The van der Waals surface area contributed by atoms with Gasteiger partial charge < -0.3 is 15.0 Å². The molecule has 3 rings (SSSR count). The first-order valence-corrected chi connectivity index (χ1v) is 7.92. The van der Waals surface area contributed by atoms with Crippen molar-refractivity contribution >= 4 is 0 Å². The minimum absolute atomic E-state index is 0.663. The Balaban J connectivity index is 1.59. The highest BCUT2D eigenvalue weighted by Crippen LogP contribution is 2.27. The molecule has 0 bridgehead atoms. The fourth-order valence-electron chi connectivity index (χ4n) is 3.31. The standard InChI is InChI=1S/C17H26N2O/c1-13(2)19-9-7-14(11-19)12-20-17-5-3-4-15-10-18-8-6-16(15)17/h3-5,13-14,18H,6-12H2,1-2H3. The number of hydrogen-bond acceptors (Lipinski definition) is 3. The van der Waals surface area contributed by atoms with Gasteiger partial charge in [0.1, 0.15) is 5.75 Å². The molecule has 3 nitrogen and oxygen atoms in total. The fourth-order valence-corrected chi connectivity index (χ4v) is 3.31. The third kappa shape index (κ3) is 2.99. The molecule has 2 heterocycles. The molecule has 0 saturated carbocycles. The van der Waals surface area contributed by atoms with Crippen LogP contribution in [0, 0.1) is 5.92 Å². The van der Waals surface area contributed by atoms with Crippen LogP contribution < -0.4 is 10.1 Å². The summed E-state index contributed by atoms with van der Waals surface area (Å²) in [5.74, 6) is 1.81. The molecule has 1 aromatic rings. The maximum atomic E-state index is 6.16. The van der Waals surface area contributed by atoms with Gasteiger partial charge in [0.05, 0.1) is 6.61 Å². The molecule has 1 aromatic carbocycles. The molecule has 1 fully saturated rings. The predicted octanol–water partition coefficient (Wildman–Crippen LogP) is 2.44. The Morgan fingerprint density at radius 3 is 3.10 bits per heavy atom. The second kappa shape index (κ2) is 6.15. The second-order valence-corrected chi connectivity index (χ2v) is 6.37. The molecule has 110 valence electrons. The van der Waals surface area contributed by atoms with E-state index in [9.17, 15) is 0 Å². The molecule has 1 atom stereocenters. The third-order valence-corrected chi connectivity index (χ3v) is 4.62. The van der Waals surface area contributed by atoms with Gasteiger partial charge in [-0.2, -0.15) is 0 Å². The minimum atomic E-state index is 0.663. The molecule has 1 unspecified atom stereocenters. The van der Waals surface area contributed by atoms with E-state index >= 15 is 0 Å². The Kier molecular flexibility index (Phi) is 4.27. The molecule has 2 aliphatic rings. The van der Waals surface area contributed by atoms with Gasteiger partial charge in [-0.25, -0.2) is 0 Å². The zero-order valence-corrected chi connectivity index (χ0v) is 12.7. The Bertz CT molecular complexity index is 458. The van der Waals surface area contributed by atoms with E-state index in [4.69, 9.17) is 4.74 Å². The zero-order valence-electron chi connectivity index (χ0n) is 12.7. The van der Waals surface area contributed by atoms with Gasteiger partial charge in [-0.3, -0.25) is 0 Å². The summed E-state index contributed by atoms with van der Waals surface area (Å²) in [7, 11) is 0. The monoisotopic (exact) mass is 274 g/mol. The summed E-state index contributed by atoms with van der Waals surface area (Å²) in [6.07, 6.45) is 2.36. The van der Waals surface area contributed by atoms with E-state index in [0.29, 0.717) is 12.0 Å². The molecular weight excluding hydrogens is 248 g/mol. The summed E-state index contributed by atoms with van der Waals surface area (Å²) in [5.41, 5.74) is 2.83. The third-order valence-electron chi connectivity index (χ3n) is 4.62. The highest BCUT2D eigenvalue weighted by molar-refractivity contribution is 5.41. The number of ether oxygens (including phenoxy) is 1. The molecule has 0 spiro atoms. The summed E-state index contributed by atoms with van der Waals surface area (Å²) >= 11 is 0. The number of hydrogen-bond donors (Lipinski definition) is 1. The average Bonchev–Trinajstić information content (AvgIpc) is 2.94. The van der Waals surface area contributed by atoms with Gasteiger partial charge in [0.15, 0.2) is 0 Å². The van der Waals surface area contributed by atoms with Gasteiger partial charge in [0.2, 0.25) is 0 Å². The van der Waals surface area contributed by atoms with E-state index < -0.39 is 0 Å². The van der Waals surface area contributed by atoms with Crippen LogP contribution in [-0.4, -0.2) is 37.2 Å². The van der Waals surface area contributed by atoms with E-state index in [1.807, 2.05) is 0 Å². The lowest BCUT2D eigenvalue weighted by molar-refractivity contribution is 0.222. The maximum absolute atomic E-state index is 6.16. The summed E-state index contributed by atoms with van der Waals surface area (Å²) in [6.45, 7) is 9.90. The average molecular weight is 274 g/mol. The van der Waals surface area contributed by atoms with Crippen LogP contribution in [0.15, 0.2) is 18.2 Å². The van der Waals surface area contributed by atoms with E-state index in [1.54, 1.807) is 0 Å². The Labute approximate surface area is 122 Å². The molecule has 0 radical (unpaired) electrons. The lowest BCUT2D eigenvalue weighted by atomic mass is 10.00. The number of rotatable bonds is 4. The van der Waals surface area contributed by atoms with Crippen molar-refractivity contribution < 1.29 is 4.74 Å². The van der Waals surface area contributed by atoms with Gasteiger partial charge in [-0.05, 0) is 57.0 Å². The summed E-state index contributed by atoms with van der Waals surface area (Å²) in [5, 5.41) is 3.42. The van der Waals surface area contributed by atoms with Crippen LogP contribution in [0.3, 0.4) is 0 Å². The molecule has 0 amide bonds. The first-order chi connectivity index (χ1) is 9.74. The lowest BCUT2D eigenvalue weighted by Crippen LogP contribution is -2.29. The van der Waals surface area contributed by atoms with Crippen molar-refractivity contribution in [1.82, 2.24) is 10.2 Å². The van der Waals surface area contributed by atoms with E-state index in [-0.39, 0.29) is 0 Å². The van der Waals surface area contributed by atoms with E-state index in [1.165, 1.54) is 30.6 Å². The molecule has 2 aliphatic heterocycles. The zero-order chi connectivity index (χ0) is 13.9. The smallest absolute Gasteiger partial charge is 0.122 e. The van der Waals surface area contributed by atoms with Crippen molar-refractivity contribution in [3.05, 3.63) is 29.3 Å². The predicted molar refractivity (Wildman–Crippen MR) is 82.2 cm³/mol. The van der Waals surface area contributed by atoms with Gasteiger partial charge >= 0.3 is 0 Å². The highest BCUT2D eigenvalue weighted by Gasteiger charge is 2.25. The summed E-state index contributed by atoms with van der Waals surface area (Å²) < 4.78 is 6.16. The first-order valence-electron chi connectivity index (χ1n) is 7.92. The van der Waals surface area contributed by atoms with E-state index in [2.05, 4.69) is 42.3 Å². The van der Waals surface area contributed by atoms with Gasteiger partial charge in [0.25, 0.3) is 0 Å². The Morgan fingerprint density at radius 2 is 2.30 bits per heavy atom. The number of benzene rings is 1. The Hall–Kier alpha value is -1.06. The van der Waals surface area contributed by atoms with Crippen molar-refractivity contribution in [3.8, 4) is 5.75 Å². The van der Waals surface area contributed by atoms with E-state index in [0.717, 1.165) is 31.9 Å². The van der Waals surface area contributed by atoms with Crippen molar-refractivity contribution in [2.75, 3.05) is 26.2 Å². The van der Waals surface area contributed by atoms with Crippen molar-refractivity contribution in [3.63, 3.8) is 0 Å². The van der Waals surface area contributed by atoms with Crippen LogP contribution in [0.25, 0.3) is 0 Å². The largest absolute Gasteiger partial charge is 0.493 e. The molecule has 0 aromatic heterocycles. The van der Waals surface area contributed by atoms with Crippen LogP contribution in [0.2, 0.25) is 0 Å². The molecular formula is C17H26N2O. The molecule has 0 aliphatic carbocycles. The van der Waals surface area contributed by atoms with Crippen LogP contribution in [0.1, 0.15) is 31.4 Å². The number of likely N-dealkylation sites (tertiary alicyclic amines) is 1. The molecule has 1 saturated heterocycles. The number of fused-ring (bicyclic) bond motifs is 1. The van der Waals surface area contributed by atoms with Gasteiger partial charge in [0, 0.05) is 25.0 Å². The van der Waals surface area contributed by atoms with Crippen molar-refractivity contribution in [1.29, 1.82) is 0 Å². The topological polar surface area (TPSA) is 24.5 Å². The number of nitrogens with zero attached hydrogens (tertiary/aromatic N) is 1. The van der Waals surface area contributed by atoms with Crippen LogP contribution >= 0.6 is 0 Å². The normalized spacial score (nSPS) is 23.1. The molecule has 1 N–H and O–H groups in total. The molecule has 3 heteroatoms. The van der Waals surface area contributed by atoms with Crippen LogP contribution in [0.5, 0.6) is 5.75 Å².